The summed E-state index contributed by atoms with van der Waals surface area (Å²) in [6.07, 6.45) is 2.32. The number of imidazole rings is 1. The van der Waals surface area contributed by atoms with Crippen LogP contribution in [0.15, 0.2) is 73.1 Å². The Morgan fingerprint density at radius 2 is 1.89 bits per heavy atom. The summed E-state index contributed by atoms with van der Waals surface area (Å²) in [4.78, 5) is 21.0. The van der Waals surface area contributed by atoms with Crippen LogP contribution in [0.5, 0.6) is 0 Å². The Balaban J connectivity index is 1.38. The maximum atomic E-state index is 13.2. The first-order chi connectivity index (χ1) is 13.7. The summed E-state index contributed by atoms with van der Waals surface area (Å²) in [6, 6.07) is 19.0. The lowest BCUT2D eigenvalue weighted by atomic mass is 10.2. The van der Waals surface area contributed by atoms with E-state index in [9.17, 15) is 9.18 Å². The molecule has 2 aromatic heterocycles. The number of anilines is 1. The second kappa shape index (κ2) is 7.87. The van der Waals surface area contributed by atoms with Crippen molar-refractivity contribution in [3.05, 3.63) is 84.6 Å². The molecule has 6 nitrogen and oxygen atoms in total. The zero-order valence-corrected chi connectivity index (χ0v) is 15.0. The number of hydrogen-bond acceptors (Lipinski definition) is 3. The van der Waals surface area contributed by atoms with Crippen molar-refractivity contribution in [1.29, 1.82) is 0 Å². The average Bonchev–Trinajstić information content (AvgIpc) is 3.12. The number of halogens is 1. The molecule has 0 aliphatic carbocycles. The maximum absolute atomic E-state index is 13.2. The molecule has 0 spiro atoms. The largest absolute Gasteiger partial charge is 0.337 e. The van der Waals surface area contributed by atoms with E-state index in [0.717, 1.165) is 22.5 Å². The Kier molecular flexibility index (Phi) is 4.97. The van der Waals surface area contributed by atoms with Crippen molar-refractivity contribution < 1.29 is 9.18 Å². The third kappa shape index (κ3) is 3.98. The van der Waals surface area contributed by atoms with Gasteiger partial charge in [0.25, 0.3) is 0 Å². The number of carbonyl (C=O) groups is 1. The predicted molar refractivity (Wildman–Crippen MR) is 106 cm³/mol. The molecule has 0 atom stereocenters. The van der Waals surface area contributed by atoms with Crippen molar-refractivity contribution in [2.45, 2.75) is 6.42 Å². The highest BCUT2D eigenvalue weighted by molar-refractivity contribution is 5.89. The fraction of sp³-hybridized carbons (Fsp3) is 0.0952. The standard InChI is InChI=1S/C21H18FN5O/c22-15-5-3-7-17(13-15)26-21(28)23-12-11-16-6-4-10-20(25-16)27-14-24-18-8-1-2-9-19(18)27/h1-10,13-14H,11-12H2,(H2,23,26,28). The van der Waals surface area contributed by atoms with Crippen molar-refractivity contribution in [2.75, 3.05) is 11.9 Å². The summed E-state index contributed by atoms with van der Waals surface area (Å²) in [5.74, 6) is 0.376. The third-order valence-corrected chi connectivity index (χ3v) is 4.24. The van der Waals surface area contributed by atoms with Crippen LogP contribution in [-0.4, -0.2) is 27.1 Å². The normalized spacial score (nSPS) is 10.8. The number of urea groups is 1. The Bertz CT molecular complexity index is 1120. The van der Waals surface area contributed by atoms with Crippen LogP contribution in [0.3, 0.4) is 0 Å². The van der Waals surface area contributed by atoms with Crippen LogP contribution >= 0.6 is 0 Å². The van der Waals surface area contributed by atoms with Gasteiger partial charge >= 0.3 is 6.03 Å². The third-order valence-electron chi connectivity index (χ3n) is 4.24. The molecular weight excluding hydrogens is 357 g/mol. The minimum absolute atomic E-state index is 0.387. The highest BCUT2D eigenvalue weighted by atomic mass is 19.1. The van der Waals surface area contributed by atoms with Gasteiger partial charge in [-0.2, -0.15) is 0 Å². The molecule has 28 heavy (non-hydrogen) atoms. The molecule has 4 rings (SSSR count). The summed E-state index contributed by atoms with van der Waals surface area (Å²) in [5.41, 5.74) is 3.15. The first kappa shape index (κ1) is 17.7. The second-order valence-electron chi connectivity index (χ2n) is 6.23. The van der Waals surface area contributed by atoms with E-state index in [4.69, 9.17) is 0 Å². The molecule has 2 amide bonds. The highest BCUT2D eigenvalue weighted by Gasteiger charge is 2.07. The minimum atomic E-state index is -0.397. The maximum Gasteiger partial charge on any atom is 0.319 e. The van der Waals surface area contributed by atoms with E-state index < -0.39 is 5.82 Å². The Labute approximate surface area is 161 Å². The van der Waals surface area contributed by atoms with Gasteiger partial charge in [-0.3, -0.25) is 4.57 Å². The zero-order valence-electron chi connectivity index (χ0n) is 15.0. The van der Waals surface area contributed by atoms with E-state index in [2.05, 4.69) is 20.6 Å². The minimum Gasteiger partial charge on any atom is -0.337 e. The molecule has 0 saturated carbocycles. The summed E-state index contributed by atoms with van der Waals surface area (Å²) in [7, 11) is 0. The Morgan fingerprint density at radius 1 is 1.04 bits per heavy atom. The fourth-order valence-electron chi connectivity index (χ4n) is 2.93. The lowest BCUT2D eigenvalue weighted by molar-refractivity contribution is 0.252. The van der Waals surface area contributed by atoms with Gasteiger partial charge in [0, 0.05) is 24.3 Å². The molecule has 0 aliphatic rings. The van der Waals surface area contributed by atoms with Gasteiger partial charge in [0.15, 0.2) is 0 Å². The van der Waals surface area contributed by atoms with E-state index in [1.807, 2.05) is 47.0 Å². The molecule has 0 unspecified atom stereocenters. The molecule has 2 N–H and O–H groups in total. The van der Waals surface area contributed by atoms with Gasteiger partial charge in [0.05, 0.1) is 11.0 Å². The van der Waals surface area contributed by atoms with E-state index in [-0.39, 0.29) is 6.03 Å². The van der Waals surface area contributed by atoms with Gasteiger partial charge in [0.2, 0.25) is 0 Å². The molecule has 0 saturated heterocycles. The number of pyridine rings is 1. The molecule has 0 aliphatic heterocycles. The SMILES string of the molecule is O=C(NCCc1cccc(-n2cnc3ccccc32)n1)Nc1cccc(F)c1. The average molecular weight is 375 g/mol. The zero-order chi connectivity index (χ0) is 19.3. The molecule has 2 aromatic carbocycles. The van der Waals surface area contributed by atoms with Gasteiger partial charge in [-0.05, 0) is 42.5 Å². The van der Waals surface area contributed by atoms with E-state index in [1.54, 1.807) is 18.5 Å². The number of hydrogen-bond donors (Lipinski definition) is 2. The lowest BCUT2D eigenvalue weighted by Crippen LogP contribution is -2.30. The highest BCUT2D eigenvalue weighted by Crippen LogP contribution is 2.16. The number of carbonyl (C=O) groups excluding carboxylic acids is 1. The number of nitrogens with one attached hydrogen (secondary N) is 2. The monoisotopic (exact) mass is 375 g/mol. The van der Waals surface area contributed by atoms with Crippen LogP contribution in [0, 0.1) is 5.82 Å². The van der Waals surface area contributed by atoms with Crippen molar-refractivity contribution >= 4 is 22.8 Å². The van der Waals surface area contributed by atoms with Crippen LogP contribution in [0.4, 0.5) is 14.9 Å². The molecule has 2 heterocycles. The quantitative estimate of drug-likeness (QED) is 0.555. The van der Waals surface area contributed by atoms with E-state index >= 15 is 0 Å². The second-order valence-corrected chi connectivity index (χ2v) is 6.23. The van der Waals surface area contributed by atoms with E-state index in [0.29, 0.717) is 18.7 Å². The number of rotatable bonds is 5. The molecule has 0 radical (unpaired) electrons. The fourth-order valence-corrected chi connectivity index (χ4v) is 2.93. The Morgan fingerprint density at radius 3 is 2.79 bits per heavy atom. The first-order valence-electron chi connectivity index (χ1n) is 8.88. The van der Waals surface area contributed by atoms with Gasteiger partial charge in [-0.25, -0.2) is 19.2 Å². The van der Waals surface area contributed by atoms with Crippen LogP contribution in [-0.2, 0) is 6.42 Å². The van der Waals surface area contributed by atoms with Crippen LogP contribution in [0.1, 0.15) is 5.69 Å². The summed E-state index contributed by atoms with van der Waals surface area (Å²) >= 11 is 0. The van der Waals surface area contributed by atoms with Gasteiger partial charge in [0.1, 0.15) is 18.0 Å². The Hall–Kier alpha value is -3.74. The van der Waals surface area contributed by atoms with Crippen LogP contribution in [0.25, 0.3) is 16.9 Å². The van der Waals surface area contributed by atoms with Gasteiger partial charge in [-0.15, -0.1) is 0 Å². The topological polar surface area (TPSA) is 71.8 Å². The summed E-state index contributed by atoms with van der Waals surface area (Å²) in [5, 5.41) is 5.35. The number of amides is 2. The first-order valence-corrected chi connectivity index (χ1v) is 8.88. The van der Waals surface area contributed by atoms with Crippen molar-refractivity contribution in [3.8, 4) is 5.82 Å². The van der Waals surface area contributed by atoms with Gasteiger partial charge < -0.3 is 10.6 Å². The smallest absolute Gasteiger partial charge is 0.319 e. The summed E-state index contributed by atoms with van der Waals surface area (Å²) < 4.78 is 15.1. The summed E-state index contributed by atoms with van der Waals surface area (Å²) in [6.45, 7) is 0.405. The molecule has 140 valence electrons. The van der Waals surface area contributed by atoms with Crippen molar-refractivity contribution in [1.82, 2.24) is 19.9 Å². The molecule has 7 heteroatoms. The molecule has 4 aromatic rings. The number of aromatic nitrogens is 3. The molecular formula is C21H18FN5O. The number of nitrogens with zero attached hydrogens (tertiary/aromatic N) is 3. The predicted octanol–water partition coefficient (Wildman–Crippen LogP) is 3.92. The van der Waals surface area contributed by atoms with E-state index in [1.165, 1.54) is 12.1 Å². The molecule has 0 bridgehead atoms. The number of fused-ring (bicyclic) bond motifs is 1. The van der Waals surface area contributed by atoms with Crippen molar-refractivity contribution in [2.24, 2.45) is 0 Å². The number of para-hydroxylation sites is 2. The van der Waals surface area contributed by atoms with Crippen molar-refractivity contribution in [3.63, 3.8) is 0 Å². The lowest BCUT2D eigenvalue weighted by Gasteiger charge is -2.09. The molecule has 0 fully saturated rings. The van der Waals surface area contributed by atoms with Gasteiger partial charge in [-0.1, -0.05) is 24.3 Å². The van der Waals surface area contributed by atoms with Crippen LogP contribution < -0.4 is 10.6 Å². The van der Waals surface area contributed by atoms with Crippen LogP contribution in [0.2, 0.25) is 0 Å². The number of benzene rings is 2.